The smallest absolute Gasteiger partial charge is 0.282 e. The van der Waals surface area contributed by atoms with Crippen LogP contribution in [0.5, 0.6) is 0 Å². The molecule has 3 aromatic rings. The molecule has 0 unspecified atom stereocenters. The van der Waals surface area contributed by atoms with Crippen molar-refractivity contribution in [2.75, 3.05) is 6.26 Å². The van der Waals surface area contributed by atoms with Crippen molar-refractivity contribution in [3.8, 4) is 34.4 Å². The largest absolute Gasteiger partial charge is 0.342 e. The van der Waals surface area contributed by atoms with Crippen LogP contribution in [0.2, 0.25) is 0 Å². The van der Waals surface area contributed by atoms with Crippen molar-refractivity contribution in [1.82, 2.24) is 9.29 Å². The van der Waals surface area contributed by atoms with Crippen LogP contribution in [0.25, 0.3) is 22.3 Å². The normalized spacial score (nSPS) is 10.9. The van der Waals surface area contributed by atoms with E-state index in [4.69, 9.17) is 0 Å². The Morgan fingerprint density at radius 1 is 1.03 bits per heavy atom. The highest BCUT2D eigenvalue weighted by Gasteiger charge is 2.27. The van der Waals surface area contributed by atoms with Crippen molar-refractivity contribution in [2.45, 2.75) is 13.3 Å². The van der Waals surface area contributed by atoms with E-state index in [2.05, 4.69) is 12.1 Å². The molecule has 0 aliphatic rings. The van der Waals surface area contributed by atoms with Gasteiger partial charge >= 0.3 is 0 Å². The minimum atomic E-state index is -3.78. The second-order valence-corrected chi connectivity index (χ2v) is 8.76. The fraction of sp³-hybridized carbons (Fsp3) is 0.174. The molecule has 1 N–H and O–H groups in total. The number of nitrogens with zero attached hydrogens (tertiary/aromatic N) is 3. The maximum atomic E-state index is 12.8. The topological polar surface area (TPSA) is 116 Å². The summed E-state index contributed by atoms with van der Waals surface area (Å²) in [5, 5.41) is 19.1. The zero-order chi connectivity index (χ0) is 22.8. The zero-order valence-corrected chi connectivity index (χ0v) is 18.1. The third-order valence-electron chi connectivity index (χ3n) is 4.99. The molecule has 0 radical (unpaired) electrons. The Kier molecular flexibility index (Phi) is 5.96. The van der Waals surface area contributed by atoms with E-state index in [0.29, 0.717) is 34.4 Å². The lowest BCUT2D eigenvalue weighted by molar-refractivity contribution is 0.0974. The predicted octanol–water partition coefficient (Wildman–Crippen LogP) is 3.35. The minimum Gasteiger partial charge on any atom is -0.342 e. The van der Waals surface area contributed by atoms with Gasteiger partial charge in [-0.15, -0.1) is 0 Å². The van der Waals surface area contributed by atoms with Crippen molar-refractivity contribution in [1.29, 1.82) is 10.5 Å². The molecular weight excluding hydrogens is 412 g/mol. The molecule has 0 aliphatic carbocycles. The Morgan fingerprint density at radius 3 is 2.19 bits per heavy atom. The number of nitriles is 2. The van der Waals surface area contributed by atoms with E-state index in [1.807, 2.05) is 35.9 Å². The van der Waals surface area contributed by atoms with E-state index in [1.165, 1.54) is 0 Å². The molecule has 3 rings (SSSR count). The third kappa shape index (κ3) is 4.20. The Labute approximate surface area is 181 Å². The van der Waals surface area contributed by atoms with E-state index in [0.717, 1.165) is 17.4 Å². The fourth-order valence-electron chi connectivity index (χ4n) is 3.68. The van der Waals surface area contributed by atoms with Gasteiger partial charge in [-0.05, 0) is 29.2 Å². The van der Waals surface area contributed by atoms with Crippen LogP contribution in [0.1, 0.15) is 34.2 Å². The number of aromatic nitrogens is 1. The van der Waals surface area contributed by atoms with Gasteiger partial charge in [0.05, 0.1) is 23.5 Å². The summed E-state index contributed by atoms with van der Waals surface area (Å²) in [5.41, 5.74) is 4.16. The number of rotatable bonds is 5. The highest BCUT2D eigenvalue weighted by Crippen LogP contribution is 2.34. The van der Waals surface area contributed by atoms with Crippen molar-refractivity contribution in [3.05, 3.63) is 71.0 Å². The maximum Gasteiger partial charge on any atom is 0.282 e. The fourth-order valence-corrected chi connectivity index (χ4v) is 4.11. The lowest BCUT2D eigenvalue weighted by Crippen LogP contribution is -2.31. The van der Waals surface area contributed by atoms with Gasteiger partial charge in [0.2, 0.25) is 10.0 Å². The van der Waals surface area contributed by atoms with Gasteiger partial charge in [-0.3, -0.25) is 4.79 Å². The summed E-state index contributed by atoms with van der Waals surface area (Å²) in [6.45, 7) is 1.86. The van der Waals surface area contributed by atoms with Crippen molar-refractivity contribution >= 4 is 15.9 Å². The number of hydrogen-bond donors (Lipinski definition) is 1. The molecule has 2 aromatic carbocycles. The van der Waals surface area contributed by atoms with Gasteiger partial charge in [-0.1, -0.05) is 49.4 Å². The van der Waals surface area contributed by atoms with Crippen molar-refractivity contribution in [2.24, 2.45) is 7.05 Å². The lowest BCUT2D eigenvalue weighted by atomic mass is 9.95. The molecule has 1 aromatic heterocycles. The Bertz CT molecular complexity index is 1360. The van der Waals surface area contributed by atoms with Gasteiger partial charge in [0.15, 0.2) is 0 Å². The first-order valence-electron chi connectivity index (χ1n) is 9.45. The molecule has 0 spiro atoms. The summed E-state index contributed by atoms with van der Waals surface area (Å²) in [4.78, 5) is 12.8. The van der Waals surface area contributed by atoms with Crippen LogP contribution in [0.4, 0.5) is 0 Å². The Balaban J connectivity index is 2.19. The minimum absolute atomic E-state index is 0.101. The molecule has 0 atom stereocenters. The van der Waals surface area contributed by atoms with Gasteiger partial charge in [-0.25, -0.2) is 13.1 Å². The number of amides is 1. The van der Waals surface area contributed by atoms with Gasteiger partial charge in [0, 0.05) is 18.3 Å². The summed E-state index contributed by atoms with van der Waals surface area (Å²) >= 11 is 0. The maximum absolute atomic E-state index is 12.8. The average molecular weight is 433 g/mol. The van der Waals surface area contributed by atoms with E-state index in [1.54, 1.807) is 35.9 Å². The first kappa shape index (κ1) is 21.8. The molecule has 7 nitrogen and oxygen atoms in total. The first-order valence-corrected chi connectivity index (χ1v) is 11.3. The van der Waals surface area contributed by atoms with E-state index in [9.17, 15) is 23.7 Å². The van der Waals surface area contributed by atoms with E-state index >= 15 is 0 Å². The average Bonchev–Trinajstić information content (AvgIpc) is 3.04. The lowest BCUT2D eigenvalue weighted by Gasteiger charge is -2.10. The molecule has 0 aliphatic heterocycles. The number of carbonyl (C=O) groups is 1. The molecule has 1 amide bonds. The number of sulfonamides is 1. The molecule has 0 bridgehead atoms. The monoisotopic (exact) mass is 432 g/mol. The summed E-state index contributed by atoms with van der Waals surface area (Å²) in [6.07, 6.45) is 1.40. The van der Waals surface area contributed by atoms with Crippen LogP contribution in [-0.4, -0.2) is 25.1 Å². The second-order valence-electron chi connectivity index (χ2n) is 7.01. The summed E-state index contributed by atoms with van der Waals surface area (Å²) < 4.78 is 26.8. The predicted molar refractivity (Wildman–Crippen MR) is 117 cm³/mol. The van der Waals surface area contributed by atoms with Gasteiger partial charge in [-0.2, -0.15) is 10.5 Å². The molecule has 0 saturated heterocycles. The van der Waals surface area contributed by atoms with Crippen LogP contribution in [-0.2, 0) is 23.5 Å². The SMILES string of the molecule is CCc1c(C#N)c(-c2ccc(-c3ccccc3C#N)cc2)c(C(=O)NS(C)(=O)=O)n1C. The second kappa shape index (κ2) is 8.47. The van der Waals surface area contributed by atoms with Crippen LogP contribution >= 0.6 is 0 Å². The quantitative estimate of drug-likeness (QED) is 0.664. The number of benzene rings is 2. The van der Waals surface area contributed by atoms with Crippen LogP contribution in [0.15, 0.2) is 48.5 Å². The van der Waals surface area contributed by atoms with Gasteiger partial charge < -0.3 is 4.57 Å². The molecule has 8 heteroatoms. The summed E-state index contributed by atoms with van der Waals surface area (Å²) in [7, 11) is -2.14. The highest BCUT2D eigenvalue weighted by molar-refractivity contribution is 7.89. The number of nitrogens with one attached hydrogen (secondary N) is 1. The molecule has 0 fully saturated rings. The van der Waals surface area contributed by atoms with Crippen LogP contribution < -0.4 is 4.72 Å². The van der Waals surface area contributed by atoms with E-state index in [-0.39, 0.29) is 5.69 Å². The Morgan fingerprint density at radius 2 is 1.65 bits per heavy atom. The van der Waals surface area contributed by atoms with Crippen LogP contribution in [0, 0.1) is 22.7 Å². The molecule has 0 saturated carbocycles. The molecule has 31 heavy (non-hydrogen) atoms. The van der Waals surface area contributed by atoms with Crippen molar-refractivity contribution in [3.63, 3.8) is 0 Å². The first-order chi connectivity index (χ1) is 14.7. The van der Waals surface area contributed by atoms with Gasteiger partial charge in [0.1, 0.15) is 11.8 Å². The third-order valence-corrected chi connectivity index (χ3v) is 5.54. The van der Waals surface area contributed by atoms with E-state index < -0.39 is 15.9 Å². The number of hydrogen-bond acceptors (Lipinski definition) is 5. The molecule has 1 heterocycles. The standard InChI is InChI=1S/C23H20N4O3S/c1-4-20-19(14-25)21(22(27(20)2)23(28)26-31(3,29)30)16-11-9-15(10-12-16)18-8-6-5-7-17(18)13-24/h5-12H,4H2,1-3H3,(H,26,28). The van der Waals surface area contributed by atoms with Crippen molar-refractivity contribution < 1.29 is 13.2 Å². The Hall–Kier alpha value is -3.88. The number of carbonyl (C=O) groups excluding carboxylic acids is 1. The van der Waals surface area contributed by atoms with Gasteiger partial charge in [0.25, 0.3) is 5.91 Å². The highest BCUT2D eigenvalue weighted by atomic mass is 32.2. The molecule has 156 valence electrons. The summed E-state index contributed by atoms with van der Waals surface area (Å²) in [5.74, 6) is -0.796. The zero-order valence-electron chi connectivity index (χ0n) is 17.3. The molecular formula is C23H20N4O3S. The van der Waals surface area contributed by atoms with Crippen LogP contribution in [0.3, 0.4) is 0 Å². The summed E-state index contributed by atoms with van der Waals surface area (Å²) in [6, 6.07) is 18.7.